The molecule has 7 heteroatoms. The van der Waals surface area contributed by atoms with E-state index >= 15 is 0 Å². The molecule has 0 amide bonds. The van der Waals surface area contributed by atoms with Crippen molar-refractivity contribution in [1.29, 1.82) is 0 Å². The molecule has 2 aromatic rings. The first-order chi connectivity index (χ1) is 14.8. The van der Waals surface area contributed by atoms with Crippen molar-refractivity contribution in [3.05, 3.63) is 63.9 Å². The number of carbonyl (C=O) groups is 2. The molecule has 0 saturated carbocycles. The number of benzene rings is 1. The second-order valence-electron chi connectivity index (χ2n) is 7.07. The average molecular weight is 442 g/mol. The molecule has 164 valence electrons. The molecule has 0 bridgehead atoms. The van der Waals surface area contributed by atoms with Gasteiger partial charge in [0.05, 0.1) is 11.5 Å². The van der Waals surface area contributed by atoms with E-state index in [2.05, 4.69) is 11.8 Å². The number of thiophene rings is 1. The van der Waals surface area contributed by atoms with Gasteiger partial charge in [0.15, 0.2) is 6.23 Å². The molecule has 0 radical (unpaired) electrons. The van der Waals surface area contributed by atoms with Gasteiger partial charge < -0.3 is 14.6 Å². The van der Waals surface area contributed by atoms with Crippen molar-refractivity contribution in [2.24, 2.45) is 11.7 Å². The van der Waals surface area contributed by atoms with Crippen LogP contribution in [0, 0.1) is 24.7 Å². The van der Waals surface area contributed by atoms with E-state index in [4.69, 9.17) is 20.3 Å². The van der Waals surface area contributed by atoms with E-state index in [1.807, 2.05) is 50.2 Å². The summed E-state index contributed by atoms with van der Waals surface area (Å²) in [6, 6.07) is 12.0. The molecule has 0 saturated heterocycles. The fraction of sp³-hybridized carbons (Fsp3) is 0.333. The van der Waals surface area contributed by atoms with Crippen LogP contribution in [0.3, 0.4) is 0 Å². The summed E-state index contributed by atoms with van der Waals surface area (Å²) in [6.07, 6.45) is 2.95. The van der Waals surface area contributed by atoms with Gasteiger partial charge >= 0.3 is 11.9 Å². The lowest BCUT2D eigenvalue weighted by Crippen LogP contribution is -2.33. The maximum absolute atomic E-state index is 11.5. The Bertz CT molecular complexity index is 952. The molecule has 1 aromatic carbocycles. The lowest BCUT2D eigenvalue weighted by molar-refractivity contribution is -0.145. The third-order valence-electron chi connectivity index (χ3n) is 4.41. The number of rotatable bonds is 10. The number of hydrogen-bond acceptors (Lipinski definition) is 6. The number of aryl methyl sites for hydroxylation is 2. The maximum atomic E-state index is 11.5. The van der Waals surface area contributed by atoms with Crippen LogP contribution < -0.4 is 10.5 Å². The summed E-state index contributed by atoms with van der Waals surface area (Å²) < 4.78 is 10.7. The predicted molar refractivity (Wildman–Crippen MR) is 121 cm³/mol. The highest BCUT2D eigenvalue weighted by molar-refractivity contribution is 7.12. The van der Waals surface area contributed by atoms with Gasteiger partial charge in [-0.05, 0) is 44.0 Å². The Labute approximate surface area is 186 Å². The number of hydrogen-bond donors (Lipinski definition) is 2. The highest BCUT2D eigenvalue weighted by Crippen LogP contribution is 2.20. The Kier molecular flexibility index (Phi) is 9.82. The van der Waals surface area contributed by atoms with E-state index in [0.29, 0.717) is 13.0 Å². The summed E-state index contributed by atoms with van der Waals surface area (Å²) in [7, 11) is 0. The van der Waals surface area contributed by atoms with Crippen LogP contribution in [0.5, 0.6) is 5.75 Å². The summed E-state index contributed by atoms with van der Waals surface area (Å²) in [5.41, 5.74) is 7.08. The first-order valence-corrected chi connectivity index (χ1v) is 10.8. The Balaban J connectivity index is 1.71. The minimum atomic E-state index is -1.21. The number of carbonyl (C=O) groups excluding carboxylic acids is 1. The van der Waals surface area contributed by atoms with Gasteiger partial charge in [-0.3, -0.25) is 5.73 Å². The van der Waals surface area contributed by atoms with Crippen LogP contribution in [0.4, 0.5) is 0 Å². The Hall–Kier alpha value is -3.08. The molecule has 0 aliphatic carbocycles. The predicted octanol–water partition coefficient (Wildman–Crippen LogP) is 3.91. The molecule has 0 fully saturated rings. The molecular formula is C24H27NO5S. The van der Waals surface area contributed by atoms with Gasteiger partial charge in [-0.25, -0.2) is 9.59 Å². The molecule has 31 heavy (non-hydrogen) atoms. The SMILES string of the molecule is Cc1ccc(OCCC#Cc2ccc(CC[C@@H](C)C(N)OC(=O)C=CC(=O)O)s2)cc1. The third-order valence-corrected chi connectivity index (χ3v) is 5.47. The second-order valence-corrected chi connectivity index (χ2v) is 8.24. The number of carboxylic acids is 1. The van der Waals surface area contributed by atoms with Gasteiger partial charge in [-0.15, -0.1) is 11.3 Å². The number of ether oxygens (including phenoxy) is 2. The zero-order chi connectivity index (χ0) is 22.6. The maximum Gasteiger partial charge on any atom is 0.332 e. The zero-order valence-corrected chi connectivity index (χ0v) is 18.5. The number of esters is 1. The molecule has 1 aromatic heterocycles. The van der Waals surface area contributed by atoms with E-state index in [1.165, 1.54) is 10.4 Å². The van der Waals surface area contributed by atoms with Gasteiger partial charge in [-0.2, -0.15) is 0 Å². The van der Waals surface area contributed by atoms with Crippen LogP contribution in [0.1, 0.15) is 35.1 Å². The molecule has 1 unspecified atom stereocenters. The normalized spacial score (nSPS) is 12.6. The highest BCUT2D eigenvalue weighted by Gasteiger charge is 2.16. The Morgan fingerprint density at radius 3 is 2.65 bits per heavy atom. The number of carboxylic acid groups (broad SMARTS) is 1. The van der Waals surface area contributed by atoms with Gasteiger partial charge in [0.2, 0.25) is 0 Å². The first kappa shape index (κ1) is 24.2. The fourth-order valence-electron chi connectivity index (χ4n) is 2.55. The van der Waals surface area contributed by atoms with Crippen LogP contribution in [-0.4, -0.2) is 29.9 Å². The molecule has 2 atom stereocenters. The molecule has 0 spiro atoms. The van der Waals surface area contributed by atoms with Crippen molar-refractivity contribution in [3.8, 4) is 17.6 Å². The van der Waals surface area contributed by atoms with Gasteiger partial charge in [0.25, 0.3) is 0 Å². The van der Waals surface area contributed by atoms with E-state index in [0.717, 1.165) is 35.6 Å². The lowest BCUT2D eigenvalue weighted by Gasteiger charge is -2.19. The third kappa shape index (κ3) is 9.51. The van der Waals surface area contributed by atoms with Gasteiger partial charge in [0, 0.05) is 29.4 Å². The number of aliphatic carboxylic acids is 1. The van der Waals surface area contributed by atoms with Crippen molar-refractivity contribution >= 4 is 23.3 Å². The zero-order valence-electron chi connectivity index (χ0n) is 17.7. The average Bonchev–Trinajstić information content (AvgIpc) is 3.19. The second kappa shape index (κ2) is 12.6. The summed E-state index contributed by atoms with van der Waals surface area (Å²) in [5, 5.41) is 8.51. The smallest absolute Gasteiger partial charge is 0.332 e. The Morgan fingerprint density at radius 1 is 1.19 bits per heavy atom. The molecule has 0 aliphatic rings. The van der Waals surface area contributed by atoms with Crippen LogP contribution in [0.25, 0.3) is 0 Å². The van der Waals surface area contributed by atoms with E-state index in [9.17, 15) is 9.59 Å². The van der Waals surface area contributed by atoms with Crippen LogP contribution in [-0.2, 0) is 20.7 Å². The van der Waals surface area contributed by atoms with Crippen molar-refractivity contribution in [1.82, 2.24) is 0 Å². The van der Waals surface area contributed by atoms with Crippen LogP contribution >= 0.6 is 11.3 Å². The number of nitrogens with two attached hydrogens (primary N) is 1. The van der Waals surface area contributed by atoms with E-state index < -0.39 is 18.2 Å². The molecule has 6 nitrogen and oxygen atoms in total. The largest absolute Gasteiger partial charge is 0.493 e. The first-order valence-electron chi connectivity index (χ1n) is 9.97. The van der Waals surface area contributed by atoms with Crippen LogP contribution in [0.2, 0.25) is 0 Å². The summed E-state index contributed by atoms with van der Waals surface area (Å²) >= 11 is 1.63. The molecule has 0 aliphatic heterocycles. The summed E-state index contributed by atoms with van der Waals surface area (Å²) in [6.45, 7) is 4.47. The molecule has 2 rings (SSSR count). The van der Waals surface area contributed by atoms with E-state index in [-0.39, 0.29) is 5.92 Å². The van der Waals surface area contributed by atoms with Crippen molar-refractivity contribution in [3.63, 3.8) is 0 Å². The quantitative estimate of drug-likeness (QED) is 0.191. The minimum absolute atomic E-state index is 0.0715. The highest BCUT2D eigenvalue weighted by atomic mass is 32.1. The standard InChI is InChI=1S/C24H27NO5S/c1-17-6-9-19(10-7-17)29-16-4-3-5-20-12-13-21(31-20)11-8-18(2)24(25)30-23(28)15-14-22(26)27/h6-7,9-10,12-15,18,24H,4,8,11,16,25H2,1-2H3,(H,26,27)/t18-,24?/m1/s1. The topological polar surface area (TPSA) is 98.9 Å². The van der Waals surface area contributed by atoms with Crippen molar-refractivity contribution < 1.29 is 24.2 Å². The van der Waals surface area contributed by atoms with E-state index in [1.54, 1.807) is 11.3 Å². The minimum Gasteiger partial charge on any atom is -0.493 e. The molecular weight excluding hydrogens is 414 g/mol. The molecule has 1 heterocycles. The summed E-state index contributed by atoms with van der Waals surface area (Å²) in [4.78, 5) is 24.1. The van der Waals surface area contributed by atoms with Crippen molar-refractivity contribution in [2.45, 2.75) is 39.3 Å². The summed E-state index contributed by atoms with van der Waals surface area (Å²) in [5.74, 6) is 5.09. The van der Waals surface area contributed by atoms with Gasteiger partial charge in [0.1, 0.15) is 5.75 Å². The monoisotopic (exact) mass is 441 g/mol. The lowest BCUT2D eigenvalue weighted by atomic mass is 10.0. The van der Waals surface area contributed by atoms with Gasteiger partial charge in [-0.1, -0.05) is 36.5 Å². The molecule has 3 N–H and O–H groups in total. The van der Waals surface area contributed by atoms with Crippen molar-refractivity contribution in [2.75, 3.05) is 6.61 Å². The van der Waals surface area contributed by atoms with Crippen LogP contribution in [0.15, 0.2) is 48.6 Å². The fourth-order valence-corrected chi connectivity index (χ4v) is 3.44. The Morgan fingerprint density at radius 2 is 1.94 bits per heavy atom.